The van der Waals surface area contributed by atoms with E-state index >= 15 is 0 Å². The second-order valence-electron chi connectivity index (χ2n) is 4.20. The summed E-state index contributed by atoms with van der Waals surface area (Å²) < 4.78 is 0.793. The Hall–Kier alpha value is -0.0600. The number of unbranched alkanes of at least 4 members (excludes halogenated alkanes) is 1. The molecule has 1 saturated heterocycles. The third-order valence-corrected chi connectivity index (χ3v) is 6.85. The highest BCUT2D eigenvalue weighted by atomic mass is 32.2. The molecule has 0 aliphatic carbocycles. The van der Waals surface area contributed by atoms with Crippen LogP contribution in [-0.4, -0.2) is 21.2 Å². The van der Waals surface area contributed by atoms with Crippen LogP contribution in [0.4, 0.5) is 0 Å². The molecule has 1 aromatic rings. The molecule has 0 atom stereocenters. The Labute approximate surface area is 122 Å². The number of benzene rings is 1. The molecular formula is C14H18OS3. The highest BCUT2D eigenvalue weighted by Gasteiger charge is 2.15. The van der Waals surface area contributed by atoms with Gasteiger partial charge in [-0.15, -0.1) is 23.5 Å². The minimum absolute atomic E-state index is 0.299. The highest BCUT2D eigenvalue weighted by Crippen LogP contribution is 2.35. The number of hydrogen-bond donors (Lipinski definition) is 0. The average molecular weight is 298 g/mol. The molecule has 0 unspecified atom stereocenters. The Kier molecular flexibility index (Phi) is 6.52. The Morgan fingerprint density at radius 1 is 1.17 bits per heavy atom. The van der Waals surface area contributed by atoms with Gasteiger partial charge in [0.05, 0.1) is 4.58 Å². The van der Waals surface area contributed by atoms with Crippen molar-refractivity contribution >= 4 is 40.4 Å². The summed E-state index contributed by atoms with van der Waals surface area (Å²) in [5.74, 6) is 2.61. The lowest BCUT2D eigenvalue weighted by Gasteiger charge is -2.06. The Morgan fingerprint density at radius 3 is 2.61 bits per heavy atom. The Bertz CT molecular complexity index is 361. The lowest BCUT2D eigenvalue weighted by Crippen LogP contribution is -1.95. The molecule has 0 N–H and O–H groups in total. The van der Waals surface area contributed by atoms with E-state index in [-0.39, 0.29) is 0 Å². The molecule has 98 valence electrons. The third kappa shape index (κ3) is 5.29. The topological polar surface area (TPSA) is 17.1 Å². The number of carbonyl (C=O) groups is 1. The fourth-order valence-corrected chi connectivity index (χ4v) is 5.55. The van der Waals surface area contributed by atoms with Gasteiger partial charge in [-0.3, -0.25) is 4.79 Å². The van der Waals surface area contributed by atoms with Crippen molar-refractivity contribution in [3.8, 4) is 0 Å². The van der Waals surface area contributed by atoms with Gasteiger partial charge < -0.3 is 0 Å². The van der Waals surface area contributed by atoms with E-state index in [9.17, 15) is 4.79 Å². The minimum atomic E-state index is 0.299. The second-order valence-corrected chi connectivity index (χ2v) is 8.25. The van der Waals surface area contributed by atoms with Gasteiger partial charge in [0.1, 0.15) is 0 Å². The summed E-state index contributed by atoms with van der Waals surface area (Å²) in [5.41, 5.74) is 0. The SMILES string of the molecule is O=C(CCCCC1SCCS1)Sc1ccccc1. The summed E-state index contributed by atoms with van der Waals surface area (Å²) in [6, 6.07) is 9.92. The zero-order chi connectivity index (χ0) is 12.6. The van der Waals surface area contributed by atoms with Crippen molar-refractivity contribution in [2.24, 2.45) is 0 Å². The van der Waals surface area contributed by atoms with E-state index in [0.717, 1.165) is 15.9 Å². The maximum atomic E-state index is 11.8. The van der Waals surface area contributed by atoms with Crippen LogP contribution in [0.3, 0.4) is 0 Å². The molecule has 0 amide bonds. The van der Waals surface area contributed by atoms with Crippen LogP contribution in [0.1, 0.15) is 25.7 Å². The molecule has 1 aromatic carbocycles. The first-order valence-electron chi connectivity index (χ1n) is 6.33. The van der Waals surface area contributed by atoms with Gasteiger partial charge in [0.25, 0.3) is 0 Å². The molecule has 0 bridgehead atoms. The molecule has 18 heavy (non-hydrogen) atoms. The first-order chi connectivity index (χ1) is 8.84. The normalized spacial score (nSPS) is 16.0. The van der Waals surface area contributed by atoms with E-state index in [0.29, 0.717) is 11.5 Å². The molecular weight excluding hydrogens is 280 g/mol. The van der Waals surface area contributed by atoms with E-state index in [1.165, 1.54) is 36.1 Å². The number of carbonyl (C=O) groups excluding carboxylic acids is 1. The molecule has 4 heteroatoms. The van der Waals surface area contributed by atoms with E-state index in [2.05, 4.69) is 23.5 Å². The van der Waals surface area contributed by atoms with Crippen LogP contribution >= 0.6 is 35.3 Å². The van der Waals surface area contributed by atoms with Crippen LogP contribution in [0.15, 0.2) is 35.2 Å². The summed E-state index contributed by atoms with van der Waals surface area (Å²) in [6.07, 6.45) is 4.20. The van der Waals surface area contributed by atoms with Gasteiger partial charge in [-0.25, -0.2) is 0 Å². The first kappa shape index (κ1) is 14.4. The van der Waals surface area contributed by atoms with Crippen LogP contribution in [-0.2, 0) is 4.79 Å². The maximum Gasteiger partial charge on any atom is 0.193 e. The monoisotopic (exact) mass is 298 g/mol. The average Bonchev–Trinajstić information content (AvgIpc) is 2.89. The van der Waals surface area contributed by atoms with E-state index in [1.807, 2.05) is 30.3 Å². The summed E-state index contributed by atoms with van der Waals surface area (Å²) in [7, 11) is 0. The smallest absolute Gasteiger partial charge is 0.193 e. The third-order valence-electron chi connectivity index (χ3n) is 2.74. The van der Waals surface area contributed by atoms with Crippen LogP contribution in [0.5, 0.6) is 0 Å². The maximum absolute atomic E-state index is 11.8. The highest BCUT2D eigenvalue weighted by molar-refractivity contribution is 8.20. The Balaban J connectivity index is 1.57. The van der Waals surface area contributed by atoms with Gasteiger partial charge in [0, 0.05) is 22.8 Å². The van der Waals surface area contributed by atoms with Gasteiger partial charge >= 0.3 is 0 Å². The predicted octanol–water partition coefficient (Wildman–Crippen LogP) is 4.67. The van der Waals surface area contributed by atoms with Gasteiger partial charge in [-0.05, 0) is 25.0 Å². The van der Waals surface area contributed by atoms with Crippen molar-refractivity contribution in [2.75, 3.05) is 11.5 Å². The van der Waals surface area contributed by atoms with Crippen molar-refractivity contribution in [1.29, 1.82) is 0 Å². The Morgan fingerprint density at radius 2 is 1.89 bits per heavy atom. The fourth-order valence-electron chi connectivity index (χ4n) is 1.83. The molecule has 1 fully saturated rings. The summed E-state index contributed by atoms with van der Waals surface area (Å²) in [4.78, 5) is 12.8. The predicted molar refractivity (Wildman–Crippen MR) is 84.5 cm³/mol. The van der Waals surface area contributed by atoms with Gasteiger partial charge in [-0.2, -0.15) is 0 Å². The molecule has 0 saturated carbocycles. The van der Waals surface area contributed by atoms with Gasteiger partial charge in [0.2, 0.25) is 0 Å². The molecule has 0 aromatic heterocycles. The standard InChI is InChI=1S/C14H18OS3/c15-13(18-12-6-2-1-3-7-12)8-4-5-9-14-16-10-11-17-14/h1-3,6-7,14H,4-5,8-11H2. The fraction of sp³-hybridized carbons (Fsp3) is 0.500. The van der Waals surface area contributed by atoms with E-state index in [1.54, 1.807) is 0 Å². The van der Waals surface area contributed by atoms with Crippen LogP contribution in [0, 0.1) is 0 Å². The van der Waals surface area contributed by atoms with E-state index in [4.69, 9.17) is 0 Å². The zero-order valence-corrected chi connectivity index (χ0v) is 12.8. The lowest BCUT2D eigenvalue weighted by atomic mass is 10.2. The van der Waals surface area contributed by atoms with Crippen molar-refractivity contribution < 1.29 is 4.79 Å². The molecule has 1 heterocycles. The second kappa shape index (κ2) is 8.18. The number of thioether (sulfide) groups is 3. The minimum Gasteiger partial charge on any atom is -0.287 e. The van der Waals surface area contributed by atoms with Gasteiger partial charge in [0.15, 0.2) is 5.12 Å². The molecule has 0 radical (unpaired) electrons. The van der Waals surface area contributed by atoms with Crippen LogP contribution in [0.2, 0.25) is 0 Å². The zero-order valence-electron chi connectivity index (χ0n) is 10.3. The first-order valence-corrected chi connectivity index (χ1v) is 9.25. The molecule has 0 spiro atoms. The quantitative estimate of drug-likeness (QED) is 0.560. The van der Waals surface area contributed by atoms with Crippen molar-refractivity contribution in [3.63, 3.8) is 0 Å². The van der Waals surface area contributed by atoms with Crippen molar-refractivity contribution in [3.05, 3.63) is 30.3 Å². The number of rotatable bonds is 6. The molecule has 1 aliphatic rings. The summed E-state index contributed by atoms with van der Waals surface area (Å²) >= 11 is 5.53. The van der Waals surface area contributed by atoms with Crippen molar-refractivity contribution in [2.45, 2.75) is 35.2 Å². The lowest BCUT2D eigenvalue weighted by molar-refractivity contribution is -0.111. The van der Waals surface area contributed by atoms with Crippen LogP contribution < -0.4 is 0 Å². The van der Waals surface area contributed by atoms with E-state index < -0.39 is 0 Å². The van der Waals surface area contributed by atoms with Crippen molar-refractivity contribution in [1.82, 2.24) is 0 Å². The molecule has 1 nitrogen and oxygen atoms in total. The molecule has 2 rings (SSSR count). The largest absolute Gasteiger partial charge is 0.287 e. The summed E-state index contributed by atoms with van der Waals surface area (Å²) in [5, 5.41) is 0.299. The van der Waals surface area contributed by atoms with Gasteiger partial charge in [-0.1, -0.05) is 36.4 Å². The number of hydrogen-bond acceptors (Lipinski definition) is 4. The summed E-state index contributed by atoms with van der Waals surface area (Å²) in [6.45, 7) is 0. The molecule has 1 aliphatic heterocycles. The van der Waals surface area contributed by atoms with Crippen LogP contribution in [0.25, 0.3) is 0 Å².